The minimum atomic E-state index is -1.09. The molecule has 0 aliphatic carbocycles. The van der Waals surface area contributed by atoms with Gasteiger partial charge < -0.3 is 15.5 Å². The molecule has 0 saturated heterocycles. The molecule has 0 spiro atoms. The Hall–Kier alpha value is -2.68. The maximum atomic E-state index is 12.9. The number of hydrogen-bond acceptors (Lipinski definition) is 4. The largest absolute Gasteiger partial charge is 0.354 e. The molecular weight excluding hydrogens is 462 g/mol. The molecule has 2 N–H and O–H groups in total. The Balaban J connectivity index is 1.74. The van der Waals surface area contributed by atoms with Crippen molar-refractivity contribution in [1.82, 2.24) is 25.3 Å². The van der Waals surface area contributed by atoms with Crippen molar-refractivity contribution >= 4 is 33.7 Å². The summed E-state index contributed by atoms with van der Waals surface area (Å²) in [5, 5.41) is 10.1. The zero-order chi connectivity index (χ0) is 22.8. The Bertz CT molecular complexity index is 1000. The fourth-order valence-electron chi connectivity index (χ4n) is 3.41. The minimum Gasteiger partial charge on any atom is -0.354 e. The molecule has 1 unspecified atom stereocenters. The first-order valence-electron chi connectivity index (χ1n) is 10.3. The number of nitrogens with zero attached hydrogens (tertiary/aromatic N) is 3. The van der Waals surface area contributed by atoms with Gasteiger partial charge in [0.15, 0.2) is 5.69 Å². The predicted molar refractivity (Wildman–Crippen MR) is 121 cm³/mol. The van der Waals surface area contributed by atoms with E-state index in [0.29, 0.717) is 24.7 Å². The molecule has 1 aromatic carbocycles. The molecule has 1 aliphatic heterocycles. The highest BCUT2D eigenvalue weighted by Crippen LogP contribution is 2.26. The molecule has 0 fully saturated rings. The maximum absolute atomic E-state index is 12.9. The SMILES string of the molecule is CC(C)CCNC(=O)C1(C)Cn2nc(C(=O)NCc3ccccc3Br)cc2C(=O)N1C. The highest BCUT2D eigenvalue weighted by Gasteiger charge is 2.46. The molecule has 31 heavy (non-hydrogen) atoms. The summed E-state index contributed by atoms with van der Waals surface area (Å²) in [5.74, 6) is -0.486. The van der Waals surface area contributed by atoms with E-state index in [0.717, 1.165) is 16.5 Å². The third-order valence-electron chi connectivity index (χ3n) is 5.63. The predicted octanol–water partition coefficient (Wildman–Crippen LogP) is 2.58. The van der Waals surface area contributed by atoms with E-state index in [1.54, 1.807) is 14.0 Å². The standard InChI is InChI=1S/C22H28BrN5O3/c1-14(2)9-10-24-21(31)22(3)13-28-18(20(30)27(22)4)11-17(26-28)19(29)25-12-15-7-5-6-8-16(15)23/h5-8,11,14H,9-10,12-13H2,1-4H3,(H,24,31)(H,25,29). The van der Waals surface area contributed by atoms with E-state index in [1.807, 2.05) is 24.3 Å². The molecule has 3 rings (SSSR count). The summed E-state index contributed by atoms with van der Waals surface area (Å²) in [7, 11) is 1.60. The monoisotopic (exact) mass is 489 g/mol. The Kier molecular flexibility index (Phi) is 6.83. The Labute approximate surface area is 190 Å². The minimum absolute atomic E-state index is 0.147. The fourth-order valence-corrected chi connectivity index (χ4v) is 3.84. The molecule has 9 heteroatoms. The molecule has 1 aromatic heterocycles. The number of nitrogens with one attached hydrogen (secondary N) is 2. The van der Waals surface area contributed by atoms with Crippen molar-refractivity contribution < 1.29 is 14.4 Å². The van der Waals surface area contributed by atoms with Gasteiger partial charge >= 0.3 is 0 Å². The van der Waals surface area contributed by atoms with Gasteiger partial charge in [0.25, 0.3) is 11.8 Å². The first kappa shape index (κ1) is 23.0. The van der Waals surface area contributed by atoms with Gasteiger partial charge in [0.05, 0.1) is 6.54 Å². The van der Waals surface area contributed by atoms with E-state index in [2.05, 4.69) is 45.5 Å². The zero-order valence-corrected chi connectivity index (χ0v) is 19.8. The lowest BCUT2D eigenvalue weighted by Crippen LogP contribution is -2.62. The smallest absolute Gasteiger partial charge is 0.272 e. The van der Waals surface area contributed by atoms with E-state index in [-0.39, 0.29) is 30.0 Å². The number of benzene rings is 1. The van der Waals surface area contributed by atoms with E-state index < -0.39 is 5.54 Å². The fraction of sp³-hybridized carbons (Fsp3) is 0.455. The molecule has 3 amide bonds. The van der Waals surface area contributed by atoms with Crippen LogP contribution in [0.25, 0.3) is 0 Å². The van der Waals surface area contributed by atoms with E-state index in [4.69, 9.17) is 0 Å². The van der Waals surface area contributed by atoms with Crippen LogP contribution in [0, 0.1) is 5.92 Å². The number of halogens is 1. The highest BCUT2D eigenvalue weighted by molar-refractivity contribution is 9.10. The molecule has 2 heterocycles. The second kappa shape index (κ2) is 9.21. The van der Waals surface area contributed by atoms with Crippen LogP contribution in [0.4, 0.5) is 0 Å². The third kappa shape index (κ3) is 4.81. The summed E-state index contributed by atoms with van der Waals surface area (Å²) >= 11 is 3.46. The second-order valence-corrected chi connectivity index (χ2v) is 9.28. The number of amides is 3. The van der Waals surface area contributed by atoms with Gasteiger partial charge in [-0.3, -0.25) is 19.1 Å². The van der Waals surface area contributed by atoms with Crippen LogP contribution in [0.1, 0.15) is 53.7 Å². The Morgan fingerprint density at radius 3 is 2.65 bits per heavy atom. The molecule has 1 atom stereocenters. The van der Waals surface area contributed by atoms with Crippen molar-refractivity contribution in [3.8, 4) is 0 Å². The summed E-state index contributed by atoms with van der Waals surface area (Å²) < 4.78 is 2.35. The van der Waals surface area contributed by atoms with Crippen molar-refractivity contribution in [1.29, 1.82) is 0 Å². The molecule has 166 valence electrons. The van der Waals surface area contributed by atoms with Crippen molar-refractivity contribution in [2.24, 2.45) is 5.92 Å². The van der Waals surface area contributed by atoms with E-state index >= 15 is 0 Å². The number of aromatic nitrogens is 2. The lowest BCUT2D eigenvalue weighted by molar-refractivity contribution is -0.132. The maximum Gasteiger partial charge on any atom is 0.272 e. The number of carbonyl (C=O) groups excluding carboxylic acids is 3. The van der Waals surface area contributed by atoms with Crippen molar-refractivity contribution in [3.63, 3.8) is 0 Å². The molecule has 1 aliphatic rings. The van der Waals surface area contributed by atoms with Gasteiger partial charge in [-0.25, -0.2) is 0 Å². The summed E-state index contributed by atoms with van der Waals surface area (Å²) in [4.78, 5) is 39.9. The first-order chi connectivity index (χ1) is 14.6. The number of carbonyl (C=O) groups is 3. The van der Waals surface area contributed by atoms with Gasteiger partial charge in [0.2, 0.25) is 5.91 Å². The molecule has 2 aromatic rings. The van der Waals surface area contributed by atoms with Crippen molar-refractivity contribution in [2.45, 2.75) is 45.8 Å². The van der Waals surface area contributed by atoms with Crippen LogP contribution < -0.4 is 10.6 Å². The van der Waals surface area contributed by atoms with Gasteiger partial charge in [0.1, 0.15) is 11.2 Å². The lowest BCUT2D eigenvalue weighted by atomic mass is 9.95. The molecule has 0 radical (unpaired) electrons. The quantitative estimate of drug-likeness (QED) is 0.624. The van der Waals surface area contributed by atoms with Crippen LogP contribution in [-0.4, -0.2) is 51.5 Å². The average Bonchev–Trinajstić information content (AvgIpc) is 3.15. The Morgan fingerprint density at radius 2 is 1.97 bits per heavy atom. The normalized spacial score (nSPS) is 18.1. The summed E-state index contributed by atoms with van der Waals surface area (Å²) in [6.45, 7) is 6.93. The summed E-state index contributed by atoms with van der Waals surface area (Å²) in [5.41, 5.74) is 0.283. The van der Waals surface area contributed by atoms with Crippen LogP contribution in [0.15, 0.2) is 34.8 Å². The molecule has 8 nitrogen and oxygen atoms in total. The molecule has 0 saturated carbocycles. The van der Waals surface area contributed by atoms with Crippen molar-refractivity contribution in [2.75, 3.05) is 13.6 Å². The zero-order valence-electron chi connectivity index (χ0n) is 18.2. The lowest BCUT2D eigenvalue weighted by Gasteiger charge is -2.40. The van der Waals surface area contributed by atoms with Gasteiger partial charge in [-0.1, -0.05) is 48.0 Å². The highest BCUT2D eigenvalue weighted by atomic mass is 79.9. The number of hydrogen-bond donors (Lipinski definition) is 2. The third-order valence-corrected chi connectivity index (χ3v) is 6.40. The van der Waals surface area contributed by atoms with Gasteiger partial charge in [-0.15, -0.1) is 0 Å². The summed E-state index contributed by atoms with van der Waals surface area (Å²) in [6, 6.07) is 9.08. The van der Waals surface area contributed by atoms with E-state index in [9.17, 15) is 14.4 Å². The number of fused-ring (bicyclic) bond motifs is 1. The van der Waals surface area contributed by atoms with E-state index in [1.165, 1.54) is 15.6 Å². The van der Waals surface area contributed by atoms with Crippen LogP contribution in [0.5, 0.6) is 0 Å². The summed E-state index contributed by atoms with van der Waals surface area (Å²) in [6.07, 6.45) is 0.856. The molecule has 0 bridgehead atoms. The van der Waals surface area contributed by atoms with Gasteiger partial charge in [-0.2, -0.15) is 5.10 Å². The van der Waals surface area contributed by atoms with Crippen molar-refractivity contribution in [3.05, 3.63) is 51.8 Å². The first-order valence-corrected chi connectivity index (χ1v) is 11.1. The number of rotatable bonds is 7. The van der Waals surface area contributed by atoms with Crippen LogP contribution in [0.3, 0.4) is 0 Å². The van der Waals surface area contributed by atoms with Gasteiger partial charge in [-0.05, 0) is 30.9 Å². The second-order valence-electron chi connectivity index (χ2n) is 8.42. The number of likely N-dealkylation sites (N-methyl/N-ethyl adjacent to an activating group) is 1. The Morgan fingerprint density at radius 1 is 1.26 bits per heavy atom. The topological polar surface area (TPSA) is 96.3 Å². The molecular formula is C22H28BrN5O3. The van der Waals surface area contributed by atoms with Crippen LogP contribution in [-0.2, 0) is 17.9 Å². The van der Waals surface area contributed by atoms with Crippen LogP contribution in [0.2, 0.25) is 0 Å². The average molecular weight is 490 g/mol. The van der Waals surface area contributed by atoms with Gasteiger partial charge in [0, 0.05) is 30.7 Å². The van der Waals surface area contributed by atoms with Crippen LogP contribution >= 0.6 is 15.9 Å².